The fraction of sp³-hybridized carbons (Fsp3) is 0.154. The van der Waals surface area contributed by atoms with E-state index in [1.807, 2.05) is 36.7 Å². The molecule has 9 aromatic rings. The average Bonchev–Trinajstić information content (AvgIpc) is 3.58. The third kappa shape index (κ3) is 6.81. The maximum absolute atomic E-state index is 11.0. The Morgan fingerprint density at radius 1 is 0.517 bits per heavy atom. The zero-order chi connectivity index (χ0) is 40.2. The Morgan fingerprint density at radius 2 is 1.16 bits per heavy atom. The highest BCUT2D eigenvalue weighted by Crippen LogP contribution is 2.40. The number of phenolic OH excluding ortho intramolecular Hbond substituents is 1. The minimum absolute atomic E-state index is 0.0417. The van der Waals surface area contributed by atoms with E-state index >= 15 is 0 Å². The van der Waals surface area contributed by atoms with Crippen molar-refractivity contribution in [2.75, 3.05) is 0 Å². The minimum atomic E-state index is -0.0417. The van der Waals surface area contributed by atoms with Crippen LogP contribution in [0.25, 0.3) is 83.6 Å². The van der Waals surface area contributed by atoms with E-state index in [-0.39, 0.29) is 16.6 Å². The van der Waals surface area contributed by atoms with Crippen LogP contribution in [0.2, 0.25) is 0 Å². The lowest BCUT2D eigenvalue weighted by Crippen LogP contribution is -2.16. The van der Waals surface area contributed by atoms with Crippen molar-refractivity contribution in [1.29, 1.82) is 0 Å². The van der Waals surface area contributed by atoms with Crippen LogP contribution in [0.5, 0.6) is 5.75 Å². The number of phenols is 1. The number of hydrogen-bond acceptors (Lipinski definition) is 5. The molecule has 0 radical (unpaired) electrons. The van der Waals surface area contributed by atoms with Gasteiger partial charge in [-0.05, 0) is 93.2 Å². The van der Waals surface area contributed by atoms with E-state index in [2.05, 4.69) is 160 Å². The second-order valence-electron chi connectivity index (χ2n) is 17.1. The van der Waals surface area contributed by atoms with Crippen LogP contribution < -0.4 is 0 Å². The third-order valence-corrected chi connectivity index (χ3v) is 11.0. The molecule has 4 aromatic heterocycles. The number of pyridine rings is 2. The summed E-state index contributed by atoms with van der Waals surface area (Å²) in [5.41, 5.74) is 15.7. The maximum Gasteiger partial charge on any atom is 0.124 e. The Labute approximate surface area is 339 Å². The van der Waals surface area contributed by atoms with Crippen molar-refractivity contribution in [2.45, 2.75) is 52.4 Å². The topological polar surface area (TPSA) is 76.7 Å². The van der Waals surface area contributed by atoms with E-state index in [9.17, 15) is 5.11 Å². The predicted octanol–water partition coefficient (Wildman–Crippen LogP) is 13.0. The Hall–Kier alpha value is -6.92. The third-order valence-electron chi connectivity index (χ3n) is 11.0. The van der Waals surface area contributed by atoms with Crippen molar-refractivity contribution < 1.29 is 5.11 Å². The van der Waals surface area contributed by atoms with Gasteiger partial charge in [-0.3, -0.25) is 4.98 Å². The summed E-state index contributed by atoms with van der Waals surface area (Å²) in [6.07, 6.45) is 5.39. The first-order valence-electron chi connectivity index (χ1n) is 19.7. The number of nitrogens with zero attached hydrogens (tertiary/aromatic N) is 5. The lowest BCUT2D eigenvalue weighted by Gasteiger charge is -2.26. The molecule has 1 N–H and O–H groups in total. The Morgan fingerprint density at radius 3 is 1.90 bits per heavy atom. The van der Waals surface area contributed by atoms with E-state index in [0.29, 0.717) is 11.3 Å². The van der Waals surface area contributed by atoms with Gasteiger partial charge in [-0.2, -0.15) is 0 Å². The summed E-state index contributed by atoms with van der Waals surface area (Å²) in [7, 11) is 0. The van der Waals surface area contributed by atoms with Gasteiger partial charge in [-0.25, -0.2) is 15.0 Å². The minimum Gasteiger partial charge on any atom is -0.507 e. The molecule has 0 aliphatic rings. The average molecular weight is 756 g/mol. The van der Waals surface area contributed by atoms with Gasteiger partial charge in [0.2, 0.25) is 0 Å². The van der Waals surface area contributed by atoms with Crippen molar-refractivity contribution in [1.82, 2.24) is 24.5 Å². The normalized spacial score (nSPS) is 12.0. The van der Waals surface area contributed by atoms with Crippen LogP contribution in [-0.4, -0.2) is 29.6 Å². The zero-order valence-electron chi connectivity index (χ0n) is 33.7. The molecule has 0 atom stereocenters. The predicted molar refractivity (Wildman–Crippen MR) is 238 cm³/mol. The molecular formula is C52H45N5O. The molecule has 6 nitrogen and oxygen atoms in total. The number of aromatic hydroxyl groups is 1. The van der Waals surface area contributed by atoms with Gasteiger partial charge < -0.3 is 9.67 Å². The molecule has 58 heavy (non-hydrogen) atoms. The van der Waals surface area contributed by atoms with Crippen LogP contribution in [0.1, 0.15) is 52.7 Å². The van der Waals surface area contributed by atoms with Gasteiger partial charge in [-0.1, -0.05) is 126 Å². The fourth-order valence-electron chi connectivity index (χ4n) is 7.79. The fourth-order valence-corrected chi connectivity index (χ4v) is 7.79. The van der Waals surface area contributed by atoms with Crippen molar-refractivity contribution in [3.05, 3.63) is 169 Å². The van der Waals surface area contributed by atoms with E-state index in [4.69, 9.17) is 15.0 Å². The number of benzene rings is 5. The first-order valence-corrected chi connectivity index (χ1v) is 19.7. The van der Waals surface area contributed by atoms with E-state index in [1.165, 1.54) is 11.1 Å². The lowest BCUT2D eigenvalue weighted by molar-refractivity contribution is 0.477. The van der Waals surface area contributed by atoms with Gasteiger partial charge in [0.15, 0.2) is 0 Å². The molecule has 5 aromatic carbocycles. The van der Waals surface area contributed by atoms with Gasteiger partial charge in [0.05, 0.1) is 39.8 Å². The summed E-state index contributed by atoms with van der Waals surface area (Å²) in [6.45, 7) is 13.6. The highest BCUT2D eigenvalue weighted by molar-refractivity contribution is 6.12. The van der Waals surface area contributed by atoms with Gasteiger partial charge in [0.25, 0.3) is 0 Å². The molecule has 9 rings (SSSR count). The second-order valence-corrected chi connectivity index (χ2v) is 17.1. The van der Waals surface area contributed by atoms with Crippen molar-refractivity contribution in [3.8, 4) is 67.5 Å². The standard InChI is InChI=1S/C52H45N5O/c1-51(2,3)38-25-36(26-39(30-38)52(4,5)6)37-28-45(56-46(29-37)42-18-10-11-21-48(42)58)35-15-12-14-34(24-35)44-27-33(22-23-54-44)41-19-13-20-43-49-47(31-53-32-55-49)57(50(41)43)40-16-8-7-9-17-40/h7-32,58H,1-6H3. The van der Waals surface area contributed by atoms with Gasteiger partial charge in [-0.15, -0.1) is 0 Å². The summed E-state index contributed by atoms with van der Waals surface area (Å²) in [5.74, 6) is 0.194. The molecule has 0 fully saturated rings. The molecule has 0 unspecified atom stereocenters. The van der Waals surface area contributed by atoms with Crippen LogP contribution in [0.3, 0.4) is 0 Å². The van der Waals surface area contributed by atoms with E-state index in [0.717, 1.165) is 72.4 Å². The van der Waals surface area contributed by atoms with Crippen molar-refractivity contribution >= 4 is 21.9 Å². The largest absolute Gasteiger partial charge is 0.507 e. The smallest absolute Gasteiger partial charge is 0.124 e. The maximum atomic E-state index is 11.0. The molecule has 0 amide bonds. The number of aromatic nitrogens is 5. The van der Waals surface area contributed by atoms with Gasteiger partial charge >= 0.3 is 0 Å². The van der Waals surface area contributed by atoms with Crippen LogP contribution in [0, 0.1) is 0 Å². The van der Waals surface area contributed by atoms with Crippen LogP contribution in [0.4, 0.5) is 0 Å². The van der Waals surface area contributed by atoms with Crippen LogP contribution in [-0.2, 0) is 10.8 Å². The van der Waals surface area contributed by atoms with E-state index in [1.54, 1.807) is 12.4 Å². The molecule has 6 heteroatoms. The Kier molecular flexibility index (Phi) is 9.00. The first kappa shape index (κ1) is 36.7. The van der Waals surface area contributed by atoms with E-state index < -0.39 is 0 Å². The number of fused-ring (bicyclic) bond motifs is 3. The monoisotopic (exact) mass is 755 g/mol. The highest BCUT2D eigenvalue weighted by atomic mass is 16.3. The molecule has 0 saturated heterocycles. The zero-order valence-corrected chi connectivity index (χ0v) is 33.7. The number of rotatable bonds is 6. The number of para-hydroxylation sites is 3. The SMILES string of the molecule is CC(C)(C)c1cc(-c2cc(-c3cccc(-c4cc(-c5cccc6c7ncncc7n(-c7ccccc7)c56)ccn4)c3)nc(-c3ccccc3O)c2)cc(C(C)(C)C)c1. The van der Waals surface area contributed by atoms with Crippen LogP contribution in [0.15, 0.2) is 158 Å². The Bertz CT molecular complexity index is 2950. The molecule has 0 aliphatic carbocycles. The lowest BCUT2D eigenvalue weighted by atomic mass is 9.79. The number of hydrogen-bond donors (Lipinski definition) is 1. The molecule has 0 aliphatic heterocycles. The Balaban J connectivity index is 1.19. The molecular weight excluding hydrogens is 711 g/mol. The summed E-state index contributed by atoms with van der Waals surface area (Å²) >= 11 is 0. The summed E-state index contributed by atoms with van der Waals surface area (Å²) in [6, 6.07) is 48.1. The van der Waals surface area contributed by atoms with Gasteiger partial charge in [0, 0.05) is 39.5 Å². The quantitative estimate of drug-likeness (QED) is 0.183. The molecule has 0 bridgehead atoms. The summed E-state index contributed by atoms with van der Waals surface area (Å²) in [5, 5.41) is 12.1. The summed E-state index contributed by atoms with van der Waals surface area (Å²) < 4.78 is 2.25. The molecule has 4 heterocycles. The molecule has 0 spiro atoms. The summed E-state index contributed by atoms with van der Waals surface area (Å²) in [4.78, 5) is 19.2. The molecule has 0 saturated carbocycles. The van der Waals surface area contributed by atoms with Gasteiger partial charge in [0.1, 0.15) is 12.1 Å². The highest BCUT2D eigenvalue weighted by Gasteiger charge is 2.23. The van der Waals surface area contributed by atoms with Crippen molar-refractivity contribution in [3.63, 3.8) is 0 Å². The first-order chi connectivity index (χ1) is 27.9. The second kappa shape index (κ2) is 14.2. The van der Waals surface area contributed by atoms with Crippen molar-refractivity contribution in [2.24, 2.45) is 0 Å². The molecule has 284 valence electrons. The van der Waals surface area contributed by atoms with Crippen LogP contribution >= 0.6 is 0 Å².